The molecule has 2 N–H and O–H groups in total. The van der Waals surface area contributed by atoms with Crippen molar-refractivity contribution in [2.75, 3.05) is 6.54 Å². The summed E-state index contributed by atoms with van der Waals surface area (Å²) in [6, 6.07) is 7.71. The molecule has 3 nitrogen and oxygen atoms in total. The first-order valence-electron chi connectivity index (χ1n) is 6.23. The molecule has 0 heterocycles. The highest BCUT2D eigenvalue weighted by molar-refractivity contribution is 5.87. The zero-order valence-corrected chi connectivity index (χ0v) is 10.6. The molecule has 0 unspecified atom stereocenters. The maximum absolute atomic E-state index is 10.8. The van der Waals surface area contributed by atoms with Gasteiger partial charge >= 0.3 is 5.97 Å². The van der Waals surface area contributed by atoms with Crippen LogP contribution >= 0.6 is 0 Å². The first-order chi connectivity index (χ1) is 8.17. The molecule has 0 fully saturated rings. The van der Waals surface area contributed by atoms with E-state index >= 15 is 0 Å². The smallest absolute Gasteiger partial charge is 0.335 e. The molecule has 0 atom stereocenters. The van der Waals surface area contributed by atoms with E-state index in [0.29, 0.717) is 11.6 Å². The fourth-order valence-corrected chi connectivity index (χ4v) is 1.86. The summed E-state index contributed by atoms with van der Waals surface area (Å²) in [6.45, 7) is 5.24. The molecule has 94 valence electrons. The minimum Gasteiger partial charge on any atom is -0.478 e. The minimum absolute atomic E-state index is 0.366. The highest BCUT2D eigenvalue weighted by Gasteiger charge is 2.04. The van der Waals surface area contributed by atoms with Gasteiger partial charge in [0.05, 0.1) is 5.56 Å². The fraction of sp³-hybridized carbons (Fsp3) is 0.500. The van der Waals surface area contributed by atoms with Crippen molar-refractivity contribution in [1.29, 1.82) is 0 Å². The predicted molar refractivity (Wildman–Crippen MR) is 69.5 cm³/mol. The molecule has 0 radical (unpaired) electrons. The van der Waals surface area contributed by atoms with Gasteiger partial charge in [-0.15, -0.1) is 0 Å². The highest BCUT2D eigenvalue weighted by atomic mass is 16.4. The van der Waals surface area contributed by atoms with Crippen LogP contribution in [-0.2, 0) is 6.42 Å². The molecule has 0 aliphatic rings. The molecule has 1 aromatic carbocycles. The Hall–Kier alpha value is -1.35. The fourth-order valence-electron chi connectivity index (χ4n) is 1.86. The van der Waals surface area contributed by atoms with E-state index in [9.17, 15) is 4.79 Å². The van der Waals surface area contributed by atoms with Crippen LogP contribution in [0.5, 0.6) is 0 Å². The van der Waals surface area contributed by atoms with E-state index in [-0.39, 0.29) is 0 Å². The Bertz CT molecular complexity index is 359. The SMILES string of the molecule is CCC(CC)NCCc1cccc(C(=O)O)c1. The third-order valence-electron chi connectivity index (χ3n) is 3.01. The number of carbonyl (C=O) groups is 1. The highest BCUT2D eigenvalue weighted by Crippen LogP contribution is 2.06. The van der Waals surface area contributed by atoms with Gasteiger partial charge < -0.3 is 10.4 Å². The monoisotopic (exact) mass is 235 g/mol. The molecule has 0 aromatic heterocycles. The van der Waals surface area contributed by atoms with Crippen LogP contribution in [0.25, 0.3) is 0 Å². The van der Waals surface area contributed by atoms with E-state index in [1.54, 1.807) is 18.2 Å². The summed E-state index contributed by atoms with van der Waals surface area (Å²) in [4.78, 5) is 10.8. The zero-order chi connectivity index (χ0) is 12.7. The van der Waals surface area contributed by atoms with E-state index in [0.717, 1.165) is 31.4 Å². The Morgan fingerprint density at radius 1 is 1.35 bits per heavy atom. The second-order valence-electron chi connectivity index (χ2n) is 4.22. The number of hydrogen-bond acceptors (Lipinski definition) is 2. The molecule has 0 saturated heterocycles. The van der Waals surface area contributed by atoms with Crippen molar-refractivity contribution in [3.8, 4) is 0 Å². The molecular weight excluding hydrogens is 214 g/mol. The number of carboxylic acids is 1. The van der Waals surface area contributed by atoms with Gasteiger partial charge in [-0.25, -0.2) is 4.79 Å². The molecule has 3 heteroatoms. The molecule has 1 rings (SSSR count). The van der Waals surface area contributed by atoms with E-state index in [1.807, 2.05) is 6.07 Å². The first kappa shape index (κ1) is 13.7. The summed E-state index contributed by atoms with van der Waals surface area (Å²) >= 11 is 0. The first-order valence-corrected chi connectivity index (χ1v) is 6.23. The summed E-state index contributed by atoms with van der Waals surface area (Å²) in [5, 5.41) is 12.4. The minimum atomic E-state index is -0.861. The van der Waals surface area contributed by atoms with Gasteiger partial charge in [0.25, 0.3) is 0 Å². The van der Waals surface area contributed by atoms with Crippen LogP contribution in [0.3, 0.4) is 0 Å². The van der Waals surface area contributed by atoms with Crippen molar-refractivity contribution >= 4 is 5.97 Å². The van der Waals surface area contributed by atoms with Gasteiger partial charge in [0.15, 0.2) is 0 Å². The summed E-state index contributed by atoms with van der Waals surface area (Å²) in [5.41, 5.74) is 1.44. The van der Waals surface area contributed by atoms with Crippen LogP contribution in [0.4, 0.5) is 0 Å². The molecular formula is C14H21NO2. The van der Waals surface area contributed by atoms with Crippen molar-refractivity contribution in [3.63, 3.8) is 0 Å². The Kier molecular flexibility index (Phi) is 5.70. The lowest BCUT2D eigenvalue weighted by Gasteiger charge is -2.14. The van der Waals surface area contributed by atoms with Crippen molar-refractivity contribution in [3.05, 3.63) is 35.4 Å². The normalized spacial score (nSPS) is 10.8. The molecule has 1 aromatic rings. The van der Waals surface area contributed by atoms with Gasteiger partial charge in [-0.2, -0.15) is 0 Å². The van der Waals surface area contributed by atoms with Crippen LogP contribution in [0.1, 0.15) is 42.6 Å². The van der Waals surface area contributed by atoms with E-state index in [2.05, 4.69) is 19.2 Å². The summed E-state index contributed by atoms with van der Waals surface area (Å²) in [5.74, 6) is -0.861. The molecule has 0 bridgehead atoms. The van der Waals surface area contributed by atoms with Gasteiger partial charge in [0.2, 0.25) is 0 Å². The molecule has 0 aliphatic carbocycles. The van der Waals surface area contributed by atoms with Crippen molar-refractivity contribution < 1.29 is 9.90 Å². The lowest BCUT2D eigenvalue weighted by atomic mass is 10.1. The van der Waals surface area contributed by atoms with Gasteiger partial charge in [-0.05, 0) is 43.5 Å². The van der Waals surface area contributed by atoms with Crippen molar-refractivity contribution in [2.45, 2.75) is 39.2 Å². The molecule has 0 amide bonds. The molecule has 0 aliphatic heterocycles. The summed E-state index contributed by atoms with van der Waals surface area (Å²) in [7, 11) is 0. The third-order valence-corrected chi connectivity index (χ3v) is 3.01. The summed E-state index contributed by atoms with van der Waals surface area (Å²) < 4.78 is 0. The van der Waals surface area contributed by atoms with Crippen LogP contribution in [0, 0.1) is 0 Å². The van der Waals surface area contributed by atoms with E-state index < -0.39 is 5.97 Å². The average molecular weight is 235 g/mol. The largest absolute Gasteiger partial charge is 0.478 e. The quantitative estimate of drug-likeness (QED) is 0.764. The molecule has 0 spiro atoms. The van der Waals surface area contributed by atoms with E-state index in [4.69, 9.17) is 5.11 Å². The lowest BCUT2D eigenvalue weighted by Crippen LogP contribution is -2.29. The van der Waals surface area contributed by atoms with Crippen LogP contribution in [0.2, 0.25) is 0 Å². The Morgan fingerprint density at radius 3 is 2.65 bits per heavy atom. The van der Waals surface area contributed by atoms with E-state index in [1.165, 1.54) is 0 Å². The Labute approximate surface area is 103 Å². The van der Waals surface area contributed by atoms with Crippen LogP contribution < -0.4 is 5.32 Å². The topological polar surface area (TPSA) is 49.3 Å². The number of hydrogen-bond donors (Lipinski definition) is 2. The number of nitrogens with one attached hydrogen (secondary N) is 1. The Morgan fingerprint density at radius 2 is 2.06 bits per heavy atom. The average Bonchev–Trinajstić information content (AvgIpc) is 2.35. The number of benzene rings is 1. The van der Waals surface area contributed by atoms with Gasteiger partial charge in [0, 0.05) is 6.04 Å². The second-order valence-corrected chi connectivity index (χ2v) is 4.22. The standard InChI is InChI=1S/C14H21NO2/c1-3-13(4-2)15-9-8-11-6-5-7-12(10-11)14(16)17/h5-7,10,13,15H,3-4,8-9H2,1-2H3,(H,16,17). The van der Waals surface area contributed by atoms with Gasteiger partial charge in [-0.1, -0.05) is 26.0 Å². The third kappa shape index (κ3) is 4.57. The lowest BCUT2D eigenvalue weighted by molar-refractivity contribution is 0.0697. The van der Waals surface area contributed by atoms with Crippen molar-refractivity contribution in [2.24, 2.45) is 0 Å². The number of carboxylic acid groups (broad SMARTS) is 1. The number of aromatic carboxylic acids is 1. The maximum Gasteiger partial charge on any atom is 0.335 e. The maximum atomic E-state index is 10.8. The zero-order valence-electron chi connectivity index (χ0n) is 10.6. The van der Waals surface area contributed by atoms with Crippen LogP contribution in [0.15, 0.2) is 24.3 Å². The Balaban J connectivity index is 2.46. The summed E-state index contributed by atoms with van der Waals surface area (Å²) in [6.07, 6.45) is 3.13. The van der Waals surface area contributed by atoms with Gasteiger partial charge in [0.1, 0.15) is 0 Å². The second kappa shape index (κ2) is 7.07. The van der Waals surface area contributed by atoms with Crippen molar-refractivity contribution in [1.82, 2.24) is 5.32 Å². The molecule has 17 heavy (non-hydrogen) atoms. The molecule has 0 saturated carbocycles. The van der Waals surface area contributed by atoms with Crippen LogP contribution in [-0.4, -0.2) is 23.7 Å². The predicted octanol–water partition coefficient (Wildman–Crippen LogP) is 2.71. The van der Waals surface area contributed by atoms with Gasteiger partial charge in [-0.3, -0.25) is 0 Å². The number of rotatable bonds is 7.